The Balaban J connectivity index is 1.76. The molecular formula is C19H29N3O2. The Labute approximate surface area is 144 Å². The van der Waals surface area contributed by atoms with Crippen molar-refractivity contribution in [3.8, 4) is 0 Å². The second-order valence-electron chi connectivity index (χ2n) is 6.92. The third-order valence-corrected chi connectivity index (χ3v) is 4.45. The van der Waals surface area contributed by atoms with E-state index in [1.54, 1.807) is 0 Å². The minimum atomic E-state index is 0.0141. The molecule has 0 saturated carbocycles. The number of aryl methyl sites for hydroxylation is 1. The van der Waals surface area contributed by atoms with Gasteiger partial charge >= 0.3 is 0 Å². The van der Waals surface area contributed by atoms with E-state index in [9.17, 15) is 9.59 Å². The van der Waals surface area contributed by atoms with Crippen molar-refractivity contribution in [3.63, 3.8) is 0 Å². The minimum Gasteiger partial charge on any atom is -0.352 e. The molecule has 5 nitrogen and oxygen atoms in total. The highest BCUT2D eigenvalue weighted by Gasteiger charge is 2.22. The van der Waals surface area contributed by atoms with Crippen LogP contribution in [-0.4, -0.2) is 42.4 Å². The van der Waals surface area contributed by atoms with E-state index in [0.29, 0.717) is 6.42 Å². The van der Waals surface area contributed by atoms with Gasteiger partial charge in [-0.25, -0.2) is 0 Å². The first-order chi connectivity index (χ1) is 11.5. The third-order valence-electron chi connectivity index (χ3n) is 4.45. The lowest BCUT2D eigenvalue weighted by atomic mass is 10.0. The van der Waals surface area contributed by atoms with Crippen LogP contribution < -0.4 is 10.6 Å². The zero-order valence-corrected chi connectivity index (χ0v) is 15.0. The van der Waals surface area contributed by atoms with E-state index in [-0.39, 0.29) is 23.8 Å². The molecule has 0 aromatic heterocycles. The summed E-state index contributed by atoms with van der Waals surface area (Å²) in [5, 5.41) is 6.07. The average Bonchev–Trinajstić information content (AvgIpc) is 2.55. The molecule has 1 aliphatic heterocycles. The molecule has 0 radical (unpaired) electrons. The van der Waals surface area contributed by atoms with Gasteiger partial charge in [-0.2, -0.15) is 0 Å². The van der Waals surface area contributed by atoms with E-state index >= 15 is 0 Å². The molecule has 1 heterocycles. The fourth-order valence-corrected chi connectivity index (χ4v) is 2.93. The maximum atomic E-state index is 12.1. The summed E-state index contributed by atoms with van der Waals surface area (Å²) in [5.41, 5.74) is 1.95. The standard InChI is InChI=1S/C19H29N3O2/c1-14(2)19(24)20-16-8-6-11-22(13-16)12-10-18(23)21-17-9-5-4-7-15(17)3/h4-5,7,9,14,16H,6,8,10-13H2,1-3H3,(H,20,24)(H,21,23). The monoisotopic (exact) mass is 331 g/mol. The van der Waals surface area contributed by atoms with Crippen molar-refractivity contribution in [3.05, 3.63) is 29.8 Å². The molecule has 1 aromatic rings. The summed E-state index contributed by atoms with van der Waals surface area (Å²) in [5.74, 6) is 0.164. The smallest absolute Gasteiger partial charge is 0.225 e. The number of likely N-dealkylation sites (tertiary alicyclic amines) is 1. The average molecular weight is 331 g/mol. The summed E-state index contributed by atoms with van der Waals surface area (Å²) < 4.78 is 0. The molecule has 1 aromatic carbocycles. The van der Waals surface area contributed by atoms with Crippen LogP contribution in [0.4, 0.5) is 5.69 Å². The Kier molecular flexibility index (Phi) is 6.79. The summed E-state index contributed by atoms with van der Waals surface area (Å²) in [7, 11) is 0. The molecule has 1 unspecified atom stereocenters. The van der Waals surface area contributed by atoms with Crippen LogP contribution >= 0.6 is 0 Å². The summed E-state index contributed by atoms with van der Waals surface area (Å²) >= 11 is 0. The largest absolute Gasteiger partial charge is 0.352 e. The second-order valence-corrected chi connectivity index (χ2v) is 6.92. The predicted molar refractivity (Wildman–Crippen MR) is 96.9 cm³/mol. The highest BCUT2D eigenvalue weighted by Crippen LogP contribution is 2.14. The molecule has 1 fully saturated rings. The van der Waals surface area contributed by atoms with E-state index in [2.05, 4.69) is 15.5 Å². The van der Waals surface area contributed by atoms with Crippen LogP contribution in [0.2, 0.25) is 0 Å². The normalized spacial score (nSPS) is 18.4. The lowest BCUT2D eigenvalue weighted by Crippen LogP contribution is -2.49. The number of hydrogen-bond donors (Lipinski definition) is 2. The van der Waals surface area contributed by atoms with Crippen LogP contribution in [0.15, 0.2) is 24.3 Å². The number of piperidine rings is 1. The molecule has 1 saturated heterocycles. The predicted octanol–water partition coefficient (Wildman–Crippen LogP) is 2.56. The van der Waals surface area contributed by atoms with E-state index in [4.69, 9.17) is 0 Å². The Morgan fingerprint density at radius 3 is 2.75 bits per heavy atom. The van der Waals surface area contributed by atoms with Crippen molar-refractivity contribution in [1.29, 1.82) is 0 Å². The molecule has 0 spiro atoms. The highest BCUT2D eigenvalue weighted by molar-refractivity contribution is 5.91. The Bertz CT molecular complexity index is 571. The molecule has 2 rings (SSSR count). The topological polar surface area (TPSA) is 61.4 Å². The SMILES string of the molecule is Cc1ccccc1NC(=O)CCN1CCCC(NC(=O)C(C)C)C1. The zero-order valence-electron chi connectivity index (χ0n) is 15.0. The highest BCUT2D eigenvalue weighted by atomic mass is 16.2. The van der Waals surface area contributed by atoms with Crippen molar-refractivity contribution < 1.29 is 9.59 Å². The summed E-state index contributed by atoms with van der Waals surface area (Å²) in [6.07, 6.45) is 2.55. The number of anilines is 1. The van der Waals surface area contributed by atoms with Crippen molar-refractivity contribution in [1.82, 2.24) is 10.2 Å². The number of benzene rings is 1. The van der Waals surface area contributed by atoms with Crippen molar-refractivity contribution >= 4 is 17.5 Å². The number of rotatable bonds is 6. The van der Waals surface area contributed by atoms with E-state index in [0.717, 1.165) is 43.7 Å². The first-order valence-corrected chi connectivity index (χ1v) is 8.84. The summed E-state index contributed by atoms with van der Waals surface area (Å²) in [6.45, 7) is 8.35. The third kappa shape index (κ3) is 5.64. The number of amides is 2. The lowest BCUT2D eigenvalue weighted by molar-refractivity contribution is -0.125. The number of carbonyl (C=O) groups excluding carboxylic acids is 2. The molecule has 132 valence electrons. The van der Waals surface area contributed by atoms with Gasteiger partial charge < -0.3 is 15.5 Å². The van der Waals surface area contributed by atoms with Gasteiger partial charge in [0.25, 0.3) is 0 Å². The van der Waals surface area contributed by atoms with Crippen LogP contribution in [0.3, 0.4) is 0 Å². The molecule has 0 bridgehead atoms. The fraction of sp³-hybridized carbons (Fsp3) is 0.579. The number of hydrogen-bond acceptors (Lipinski definition) is 3. The molecule has 1 aliphatic rings. The molecule has 1 atom stereocenters. The van der Waals surface area contributed by atoms with Crippen LogP contribution in [0, 0.1) is 12.8 Å². The van der Waals surface area contributed by atoms with E-state index in [1.807, 2.05) is 45.0 Å². The summed E-state index contributed by atoms with van der Waals surface area (Å²) in [4.78, 5) is 26.2. The maximum Gasteiger partial charge on any atom is 0.225 e. The number of nitrogens with zero attached hydrogens (tertiary/aromatic N) is 1. The van der Waals surface area contributed by atoms with Gasteiger partial charge in [0.1, 0.15) is 0 Å². The van der Waals surface area contributed by atoms with Crippen LogP contribution in [-0.2, 0) is 9.59 Å². The molecule has 2 N–H and O–H groups in total. The van der Waals surface area contributed by atoms with Crippen molar-refractivity contribution in [2.24, 2.45) is 5.92 Å². The van der Waals surface area contributed by atoms with Gasteiger partial charge in [-0.3, -0.25) is 9.59 Å². The van der Waals surface area contributed by atoms with Crippen molar-refractivity contribution in [2.75, 3.05) is 25.0 Å². The van der Waals surface area contributed by atoms with Gasteiger partial charge in [0, 0.05) is 37.2 Å². The van der Waals surface area contributed by atoms with Crippen LogP contribution in [0.25, 0.3) is 0 Å². The molecule has 2 amide bonds. The molecule has 24 heavy (non-hydrogen) atoms. The first-order valence-electron chi connectivity index (χ1n) is 8.84. The van der Waals surface area contributed by atoms with Crippen molar-refractivity contribution in [2.45, 2.75) is 46.1 Å². The number of para-hydroxylation sites is 1. The molecule has 0 aliphatic carbocycles. The Morgan fingerprint density at radius 2 is 2.04 bits per heavy atom. The Hall–Kier alpha value is -1.88. The fourth-order valence-electron chi connectivity index (χ4n) is 2.93. The Morgan fingerprint density at radius 1 is 1.29 bits per heavy atom. The number of carbonyl (C=O) groups is 2. The van der Waals surface area contributed by atoms with Gasteiger partial charge in [-0.05, 0) is 37.9 Å². The first kappa shape index (κ1) is 18.5. The van der Waals surface area contributed by atoms with Gasteiger partial charge in [0.2, 0.25) is 11.8 Å². The molecular weight excluding hydrogens is 302 g/mol. The molecule has 5 heteroatoms. The van der Waals surface area contributed by atoms with Gasteiger partial charge in [-0.1, -0.05) is 32.0 Å². The van der Waals surface area contributed by atoms with E-state index in [1.165, 1.54) is 0 Å². The van der Waals surface area contributed by atoms with Crippen LogP contribution in [0.1, 0.15) is 38.7 Å². The zero-order chi connectivity index (χ0) is 17.5. The van der Waals surface area contributed by atoms with Gasteiger partial charge in [0.05, 0.1) is 0 Å². The number of nitrogens with one attached hydrogen (secondary N) is 2. The summed E-state index contributed by atoms with van der Waals surface area (Å²) in [6, 6.07) is 8.00. The quantitative estimate of drug-likeness (QED) is 0.842. The van der Waals surface area contributed by atoms with Crippen LogP contribution in [0.5, 0.6) is 0 Å². The van der Waals surface area contributed by atoms with E-state index < -0.39 is 0 Å². The minimum absolute atomic E-state index is 0.0141. The van der Waals surface area contributed by atoms with Gasteiger partial charge in [0.15, 0.2) is 0 Å². The second kappa shape index (κ2) is 8.83. The lowest BCUT2D eigenvalue weighted by Gasteiger charge is -2.33. The maximum absolute atomic E-state index is 12.1. The van der Waals surface area contributed by atoms with Gasteiger partial charge in [-0.15, -0.1) is 0 Å².